The molecule has 180 valence electrons. The first kappa shape index (κ1) is 24.6. The molecule has 0 bridgehead atoms. The molecule has 1 fully saturated rings. The minimum atomic E-state index is -0.828. The van der Waals surface area contributed by atoms with Crippen molar-refractivity contribution in [2.24, 2.45) is 0 Å². The van der Waals surface area contributed by atoms with Crippen LogP contribution in [0.5, 0.6) is 11.5 Å². The molecule has 1 N–H and O–H groups in total. The van der Waals surface area contributed by atoms with Crippen LogP contribution in [0.3, 0.4) is 0 Å². The van der Waals surface area contributed by atoms with Crippen LogP contribution in [0, 0.1) is 0 Å². The van der Waals surface area contributed by atoms with Crippen molar-refractivity contribution in [1.82, 2.24) is 4.90 Å². The molecule has 0 aliphatic carbocycles. The van der Waals surface area contributed by atoms with Crippen LogP contribution in [0.15, 0.2) is 72.3 Å². The van der Waals surface area contributed by atoms with Crippen molar-refractivity contribution in [1.29, 1.82) is 0 Å². The summed E-state index contributed by atoms with van der Waals surface area (Å²) >= 11 is 12.2. The SMILES string of the molecule is CCOc1cccc(CN2C(=O)C(=O)/C(=C(\O)c3ccc(Cl)c(Cl)c3)C2c2ccc(OC)cc2)c1. The number of halogens is 2. The van der Waals surface area contributed by atoms with E-state index in [-0.39, 0.29) is 28.5 Å². The summed E-state index contributed by atoms with van der Waals surface area (Å²) in [6, 6.07) is 18.1. The first-order chi connectivity index (χ1) is 16.8. The molecule has 1 heterocycles. The molecule has 1 unspecified atom stereocenters. The number of likely N-dealkylation sites (tertiary alicyclic amines) is 1. The smallest absolute Gasteiger partial charge is 0.295 e. The van der Waals surface area contributed by atoms with Crippen molar-refractivity contribution in [3.05, 3.63) is 99.0 Å². The minimum absolute atomic E-state index is 0.0282. The molecule has 1 saturated heterocycles. The Morgan fingerprint density at radius 2 is 1.71 bits per heavy atom. The summed E-state index contributed by atoms with van der Waals surface area (Å²) in [6.45, 7) is 2.53. The third kappa shape index (κ3) is 4.99. The quantitative estimate of drug-likeness (QED) is 0.238. The van der Waals surface area contributed by atoms with E-state index in [0.717, 1.165) is 5.56 Å². The lowest BCUT2D eigenvalue weighted by Crippen LogP contribution is -2.29. The summed E-state index contributed by atoms with van der Waals surface area (Å²) < 4.78 is 10.8. The summed E-state index contributed by atoms with van der Waals surface area (Å²) in [6.07, 6.45) is 0. The van der Waals surface area contributed by atoms with Gasteiger partial charge in [0, 0.05) is 12.1 Å². The Morgan fingerprint density at radius 1 is 0.971 bits per heavy atom. The standard InChI is InChI=1S/C27H23Cl2NO5/c1-3-35-20-6-4-5-16(13-20)15-30-24(17-7-10-19(34-2)11-8-17)23(26(32)27(30)33)25(31)18-9-12-21(28)22(29)14-18/h4-14,24,31H,3,15H2,1-2H3/b25-23-. The number of rotatable bonds is 7. The average molecular weight is 512 g/mol. The molecule has 1 atom stereocenters. The lowest BCUT2D eigenvalue weighted by atomic mass is 9.95. The van der Waals surface area contributed by atoms with Crippen LogP contribution < -0.4 is 9.47 Å². The Morgan fingerprint density at radius 3 is 2.37 bits per heavy atom. The van der Waals surface area contributed by atoms with E-state index in [4.69, 9.17) is 32.7 Å². The Kier molecular flexibility index (Phi) is 7.34. The lowest BCUT2D eigenvalue weighted by molar-refractivity contribution is -0.140. The van der Waals surface area contributed by atoms with Gasteiger partial charge in [0.2, 0.25) is 0 Å². The highest BCUT2D eigenvalue weighted by atomic mass is 35.5. The van der Waals surface area contributed by atoms with Crippen molar-refractivity contribution >= 4 is 40.7 Å². The van der Waals surface area contributed by atoms with Gasteiger partial charge in [0.25, 0.3) is 11.7 Å². The molecule has 1 aliphatic rings. The fourth-order valence-electron chi connectivity index (χ4n) is 4.07. The fraction of sp³-hybridized carbons (Fsp3) is 0.185. The summed E-state index contributed by atoms with van der Waals surface area (Å²) in [7, 11) is 1.55. The Labute approximate surface area is 213 Å². The molecule has 4 rings (SSSR count). The molecule has 8 heteroatoms. The van der Waals surface area contributed by atoms with Gasteiger partial charge in [-0.25, -0.2) is 0 Å². The van der Waals surface area contributed by atoms with Gasteiger partial charge in [-0.1, -0.05) is 47.5 Å². The van der Waals surface area contributed by atoms with E-state index >= 15 is 0 Å². The largest absolute Gasteiger partial charge is 0.507 e. The maximum absolute atomic E-state index is 13.2. The number of benzene rings is 3. The van der Waals surface area contributed by atoms with Gasteiger partial charge in [-0.3, -0.25) is 9.59 Å². The highest BCUT2D eigenvalue weighted by Gasteiger charge is 2.46. The highest BCUT2D eigenvalue weighted by molar-refractivity contribution is 6.46. The summed E-state index contributed by atoms with van der Waals surface area (Å²) in [4.78, 5) is 27.9. The van der Waals surface area contributed by atoms with Crippen LogP contribution in [0.4, 0.5) is 0 Å². The predicted octanol–water partition coefficient (Wildman–Crippen LogP) is 6.02. The van der Waals surface area contributed by atoms with Crippen molar-refractivity contribution in [2.75, 3.05) is 13.7 Å². The van der Waals surface area contributed by atoms with E-state index in [9.17, 15) is 14.7 Å². The average Bonchev–Trinajstić information content (AvgIpc) is 3.10. The Hall–Kier alpha value is -3.48. The summed E-state index contributed by atoms with van der Waals surface area (Å²) in [5, 5.41) is 11.7. The zero-order valence-corrected chi connectivity index (χ0v) is 20.6. The lowest BCUT2D eigenvalue weighted by Gasteiger charge is -2.26. The number of nitrogens with zero attached hydrogens (tertiary/aromatic N) is 1. The number of hydrogen-bond donors (Lipinski definition) is 1. The number of ketones is 1. The monoisotopic (exact) mass is 511 g/mol. The van der Waals surface area contributed by atoms with Gasteiger partial charge in [-0.2, -0.15) is 0 Å². The number of aliphatic hydroxyl groups excluding tert-OH is 1. The normalized spacial score (nSPS) is 17.0. The van der Waals surface area contributed by atoms with E-state index < -0.39 is 17.7 Å². The second kappa shape index (κ2) is 10.4. The van der Waals surface area contributed by atoms with Gasteiger partial charge >= 0.3 is 0 Å². The van der Waals surface area contributed by atoms with E-state index in [1.165, 1.54) is 17.0 Å². The van der Waals surface area contributed by atoms with Crippen LogP contribution in [-0.4, -0.2) is 35.4 Å². The molecule has 0 aromatic heterocycles. The number of hydrogen-bond acceptors (Lipinski definition) is 5. The number of aliphatic hydroxyl groups is 1. The van der Waals surface area contributed by atoms with Crippen LogP contribution in [-0.2, 0) is 16.1 Å². The number of carbonyl (C=O) groups is 2. The molecule has 35 heavy (non-hydrogen) atoms. The third-order valence-electron chi connectivity index (χ3n) is 5.73. The summed E-state index contributed by atoms with van der Waals surface area (Å²) in [5.41, 5.74) is 1.69. The van der Waals surface area contributed by atoms with E-state index in [1.807, 2.05) is 31.2 Å². The molecular formula is C27H23Cl2NO5. The Balaban J connectivity index is 1.83. The van der Waals surface area contributed by atoms with Gasteiger partial charge in [-0.05, 0) is 60.5 Å². The van der Waals surface area contributed by atoms with Crippen molar-refractivity contribution in [3.63, 3.8) is 0 Å². The molecular weight excluding hydrogens is 489 g/mol. The minimum Gasteiger partial charge on any atom is -0.507 e. The van der Waals surface area contributed by atoms with Crippen LogP contribution >= 0.6 is 23.2 Å². The van der Waals surface area contributed by atoms with Crippen molar-refractivity contribution < 1.29 is 24.2 Å². The zero-order chi connectivity index (χ0) is 25.1. The molecule has 3 aromatic rings. The Bertz CT molecular complexity index is 1300. The molecule has 1 aliphatic heterocycles. The van der Waals surface area contributed by atoms with Crippen LogP contribution in [0.1, 0.15) is 29.7 Å². The molecule has 3 aromatic carbocycles. The number of Topliss-reactive ketones (excluding diaryl/α,β-unsaturated/α-hetero) is 1. The maximum Gasteiger partial charge on any atom is 0.295 e. The van der Waals surface area contributed by atoms with E-state index in [1.54, 1.807) is 37.4 Å². The molecule has 0 radical (unpaired) electrons. The topological polar surface area (TPSA) is 76.1 Å². The zero-order valence-electron chi connectivity index (χ0n) is 19.1. The first-order valence-corrected chi connectivity index (χ1v) is 11.7. The van der Waals surface area contributed by atoms with Gasteiger partial charge < -0.3 is 19.5 Å². The predicted molar refractivity (Wildman–Crippen MR) is 135 cm³/mol. The number of methoxy groups -OCH3 is 1. The fourth-order valence-corrected chi connectivity index (χ4v) is 4.37. The van der Waals surface area contributed by atoms with E-state index in [2.05, 4.69) is 0 Å². The highest BCUT2D eigenvalue weighted by Crippen LogP contribution is 2.41. The second-order valence-electron chi connectivity index (χ2n) is 7.91. The van der Waals surface area contributed by atoms with Gasteiger partial charge in [0.05, 0.1) is 35.4 Å². The molecule has 0 spiro atoms. The van der Waals surface area contributed by atoms with E-state index in [0.29, 0.717) is 28.7 Å². The van der Waals surface area contributed by atoms with Crippen molar-refractivity contribution in [3.8, 4) is 11.5 Å². The molecule has 6 nitrogen and oxygen atoms in total. The molecule has 0 saturated carbocycles. The first-order valence-electron chi connectivity index (χ1n) is 10.9. The summed E-state index contributed by atoms with van der Waals surface area (Å²) in [5.74, 6) is -0.532. The second-order valence-corrected chi connectivity index (χ2v) is 8.72. The van der Waals surface area contributed by atoms with Crippen LogP contribution in [0.25, 0.3) is 5.76 Å². The van der Waals surface area contributed by atoms with Crippen LogP contribution in [0.2, 0.25) is 10.0 Å². The molecule has 1 amide bonds. The van der Waals surface area contributed by atoms with Gasteiger partial charge in [0.1, 0.15) is 17.3 Å². The van der Waals surface area contributed by atoms with Crippen molar-refractivity contribution in [2.45, 2.75) is 19.5 Å². The third-order valence-corrected chi connectivity index (χ3v) is 6.47. The van der Waals surface area contributed by atoms with Gasteiger partial charge in [0.15, 0.2) is 0 Å². The number of carbonyl (C=O) groups excluding carboxylic acids is 2. The number of ether oxygens (including phenoxy) is 2. The van der Waals surface area contributed by atoms with Gasteiger partial charge in [-0.15, -0.1) is 0 Å². The number of amides is 1. The maximum atomic E-state index is 13.2.